The van der Waals surface area contributed by atoms with Crippen molar-refractivity contribution in [3.63, 3.8) is 0 Å². The second-order valence-corrected chi connectivity index (χ2v) is 5.69. The van der Waals surface area contributed by atoms with Gasteiger partial charge in [-0.15, -0.1) is 11.3 Å². The Morgan fingerprint density at radius 2 is 2.00 bits per heavy atom. The maximum absolute atomic E-state index is 12.0. The molecule has 0 radical (unpaired) electrons. The van der Waals surface area contributed by atoms with Crippen LogP contribution in [0.2, 0.25) is 0 Å². The maximum Gasteiger partial charge on any atom is 0.251 e. The standard InChI is InChI=1S/C16H19NO2S/c1-3-12-4-6-13(7-5-12)16(19)17-10-14(18)15-11(2)8-9-20-15/h4-9,14,18H,3,10H2,1-2H3,(H,17,19). The molecule has 0 aliphatic carbocycles. The van der Waals surface area contributed by atoms with Gasteiger partial charge >= 0.3 is 0 Å². The number of aryl methyl sites for hydroxylation is 2. The molecule has 1 atom stereocenters. The third kappa shape index (κ3) is 3.46. The number of carbonyl (C=O) groups excluding carboxylic acids is 1. The highest BCUT2D eigenvalue weighted by Gasteiger charge is 2.13. The van der Waals surface area contributed by atoms with Gasteiger partial charge in [-0.1, -0.05) is 19.1 Å². The van der Waals surface area contributed by atoms with Crippen LogP contribution in [0.4, 0.5) is 0 Å². The third-order valence-corrected chi connectivity index (χ3v) is 4.40. The highest BCUT2D eigenvalue weighted by molar-refractivity contribution is 7.10. The Morgan fingerprint density at radius 3 is 2.55 bits per heavy atom. The highest BCUT2D eigenvalue weighted by atomic mass is 32.1. The monoisotopic (exact) mass is 289 g/mol. The average Bonchev–Trinajstić information content (AvgIpc) is 2.90. The fourth-order valence-corrected chi connectivity index (χ4v) is 2.91. The molecule has 1 heterocycles. The molecule has 0 saturated carbocycles. The maximum atomic E-state index is 12.0. The molecule has 0 spiro atoms. The molecule has 3 nitrogen and oxygen atoms in total. The summed E-state index contributed by atoms with van der Waals surface area (Å²) in [6.07, 6.45) is 0.312. The van der Waals surface area contributed by atoms with E-state index in [1.165, 1.54) is 16.9 Å². The molecule has 20 heavy (non-hydrogen) atoms. The lowest BCUT2D eigenvalue weighted by atomic mass is 10.1. The highest BCUT2D eigenvalue weighted by Crippen LogP contribution is 2.23. The Bertz CT molecular complexity index is 574. The van der Waals surface area contributed by atoms with Crippen molar-refractivity contribution < 1.29 is 9.90 Å². The van der Waals surface area contributed by atoms with Crippen LogP contribution >= 0.6 is 11.3 Å². The van der Waals surface area contributed by atoms with Crippen molar-refractivity contribution >= 4 is 17.2 Å². The van der Waals surface area contributed by atoms with Crippen LogP contribution in [0.15, 0.2) is 35.7 Å². The third-order valence-electron chi connectivity index (χ3n) is 3.28. The van der Waals surface area contributed by atoms with Crippen LogP contribution in [-0.4, -0.2) is 17.6 Å². The van der Waals surface area contributed by atoms with Crippen LogP contribution < -0.4 is 5.32 Å². The molecule has 0 fully saturated rings. The van der Waals surface area contributed by atoms with Gasteiger partial charge in [-0.3, -0.25) is 4.79 Å². The molecule has 1 aromatic carbocycles. The molecule has 0 aliphatic rings. The molecule has 0 saturated heterocycles. The van der Waals surface area contributed by atoms with Gasteiger partial charge in [-0.25, -0.2) is 0 Å². The molecule has 1 unspecified atom stereocenters. The van der Waals surface area contributed by atoms with Crippen molar-refractivity contribution in [3.8, 4) is 0 Å². The largest absolute Gasteiger partial charge is 0.386 e. The summed E-state index contributed by atoms with van der Waals surface area (Å²) in [6, 6.07) is 9.51. The second-order valence-electron chi connectivity index (χ2n) is 4.74. The lowest BCUT2D eigenvalue weighted by Crippen LogP contribution is -2.28. The summed E-state index contributed by atoms with van der Waals surface area (Å²) in [7, 11) is 0. The Balaban J connectivity index is 1.93. The topological polar surface area (TPSA) is 49.3 Å². The Hall–Kier alpha value is -1.65. The summed E-state index contributed by atoms with van der Waals surface area (Å²) in [5.41, 5.74) is 2.89. The van der Waals surface area contributed by atoms with E-state index in [1.807, 2.05) is 42.6 Å². The first-order valence-electron chi connectivity index (χ1n) is 6.71. The zero-order valence-corrected chi connectivity index (χ0v) is 12.5. The van der Waals surface area contributed by atoms with Gasteiger partial charge < -0.3 is 10.4 Å². The van der Waals surface area contributed by atoms with Gasteiger partial charge in [0.25, 0.3) is 5.91 Å². The van der Waals surface area contributed by atoms with Crippen LogP contribution in [-0.2, 0) is 6.42 Å². The van der Waals surface area contributed by atoms with Crippen LogP contribution in [0.1, 0.15) is 39.4 Å². The lowest BCUT2D eigenvalue weighted by Gasteiger charge is -2.11. The number of hydrogen-bond donors (Lipinski definition) is 2. The summed E-state index contributed by atoms with van der Waals surface area (Å²) >= 11 is 1.51. The number of aliphatic hydroxyl groups is 1. The van der Waals surface area contributed by atoms with E-state index in [0.29, 0.717) is 5.56 Å². The van der Waals surface area contributed by atoms with Crippen LogP contribution in [0.5, 0.6) is 0 Å². The summed E-state index contributed by atoms with van der Waals surface area (Å²) in [6.45, 7) is 4.27. The van der Waals surface area contributed by atoms with Crippen molar-refractivity contribution in [2.45, 2.75) is 26.4 Å². The van der Waals surface area contributed by atoms with Gasteiger partial charge in [-0.2, -0.15) is 0 Å². The summed E-state index contributed by atoms with van der Waals surface area (Å²) in [5.74, 6) is -0.152. The van der Waals surface area contributed by atoms with Crippen LogP contribution in [0.25, 0.3) is 0 Å². The molecule has 1 aromatic heterocycles. The van der Waals surface area contributed by atoms with Gasteiger partial charge in [0.15, 0.2) is 0 Å². The van der Waals surface area contributed by atoms with Crippen molar-refractivity contribution in [2.75, 3.05) is 6.54 Å². The van der Waals surface area contributed by atoms with Gasteiger partial charge in [0.2, 0.25) is 0 Å². The number of benzene rings is 1. The first-order valence-corrected chi connectivity index (χ1v) is 7.59. The zero-order chi connectivity index (χ0) is 14.5. The van der Waals surface area contributed by atoms with Gasteiger partial charge in [-0.05, 0) is 48.1 Å². The van der Waals surface area contributed by atoms with Crippen molar-refractivity contribution in [3.05, 3.63) is 57.3 Å². The predicted molar refractivity (Wildman–Crippen MR) is 82.2 cm³/mol. The quantitative estimate of drug-likeness (QED) is 0.888. The molecule has 106 valence electrons. The van der Waals surface area contributed by atoms with Gasteiger partial charge in [0.05, 0.1) is 0 Å². The van der Waals surface area contributed by atoms with E-state index in [0.717, 1.165) is 16.9 Å². The van der Waals surface area contributed by atoms with E-state index in [9.17, 15) is 9.90 Å². The van der Waals surface area contributed by atoms with Crippen LogP contribution in [0.3, 0.4) is 0 Å². The molecule has 2 N–H and O–H groups in total. The molecular weight excluding hydrogens is 270 g/mol. The fourth-order valence-electron chi connectivity index (χ4n) is 2.00. The Kier molecular flexibility index (Phi) is 4.93. The molecule has 0 aliphatic heterocycles. The van der Waals surface area contributed by atoms with Crippen molar-refractivity contribution in [2.24, 2.45) is 0 Å². The second kappa shape index (κ2) is 6.68. The normalized spacial score (nSPS) is 12.2. The number of amides is 1. The number of thiophene rings is 1. The smallest absolute Gasteiger partial charge is 0.251 e. The molecule has 0 bridgehead atoms. The number of nitrogens with one attached hydrogen (secondary N) is 1. The Morgan fingerprint density at radius 1 is 1.30 bits per heavy atom. The number of carbonyl (C=O) groups is 1. The zero-order valence-electron chi connectivity index (χ0n) is 11.7. The summed E-state index contributed by atoms with van der Waals surface area (Å²) in [4.78, 5) is 12.9. The SMILES string of the molecule is CCc1ccc(C(=O)NCC(O)c2sccc2C)cc1. The van der Waals surface area contributed by atoms with Gasteiger partial charge in [0.1, 0.15) is 6.10 Å². The number of aliphatic hydroxyl groups excluding tert-OH is 1. The van der Waals surface area contributed by atoms with E-state index in [4.69, 9.17) is 0 Å². The molecule has 4 heteroatoms. The fraction of sp³-hybridized carbons (Fsp3) is 0.312. The first kappa shape index (κ1) is 14.8. The minimum atomic E-state index is -0.645. The average molecular weight is 289 g/mol. The van der Waals surface area contributed by atoms with Crippen molar-refractivity contribution in [1.82, 2.24) is 5.32 Å². The van der Waals surface area contributed by atoms with E-state index >= 15 is 0 Å². The predicted octanol–water partition coefficient (Wildman–Crippen LogP) is 3.08. The van der Waals surface area contributed by atoms with Gasteiger partial charge in [0, 0.05) is 17.0 Å². The summed E-state index contributed by atoms with van der Waals surface area (Å²) in [5, 5.41) is 14.8. The first-order chi connectivity index (χ1) is 9.61. The van der Waals surface area contributed by atoms with E-state index in [1.54, 1.807) is 0 Å². The minimum absolute atomic E-state index is 0.152. The molecule has 2 aromatic rings. The van der Waals surface area contributed by atoms with Crippen LogP contribution in [0, 0.1) is 6.92 Å². The lowest BCUT2D eigenvalue weighted by molar-refractivity contribution is 0.0917. The minimum Gasteiger partial charge on any atom is -0.386 e. The molecule has 2 rings (SSSR count). The number of rotatable bonds is 5. The molecule has 1 amide bonds. The van der Waals surface area contributed by atoms with E-state index in [-0.39, 0.29) is 12.5 Å². The van der Waals surface area contributed by atoms with Crippen molar-refractivity contribution in [1.29, 1.82) is 0 Å². The van der Waals surface area contributed by atoms with E-state index < -0.39 is 6.10 Å². The Labute approximate surface area is 123 Å². The van der Waals surface area contributed by atoms with E-state index in [2.05, 4.69) is 12.2 Å². The molecular formula is C16H19NO2S. The number of hydrogen-bond acceptors (Lipinski definition) is 3. The summed E-state index contributed by atoms with van der Waals surface area (Å²) < 4.78 is 0.